The van der Waals surface area contributed by atoms with Crippen LogP contribution in [0.1, 0.15) is 30.1 Å². The van der Waals surface area contributed by atoms with Gasteiger partial charge in [-0.2, -0.15) is 5.10 Å². The van der Waals surface area contributed by atoms with Crippen LogP contribution in [0.15, 0.2) is 6.07 Å². The van der Waals surface area contributed by atoms with Crippen LogP contribution < -0.4 is 0 Å². The number of hydrogen-bond acceptors (Lipinski definition) is 4. The molecule has 6 nitrogen and oxygen atoms in total. The van der Waals surface area contributed by atoms with Crippen LogP contribution in [-0.4, -0.2) is 34.4 Å². The Morgan fingerprint density at radius 2 is 2.25 bits per heavy atom. The molecule has 1 rings (SSSR count). The van der Waals surface area contributed by atoms with Gasteiger partial charge in [0.1, 0.15) is 0 Å². The number of nitrogens with zero attached hydrogens (tertiary/aromatic N) is 1. The number of ether oxygens (including phenoxy) is 1. The highest BCUT2D eigenvalue weighted by Crippen LogP contribution is 2.22. The van der Waals surface area contributed by atoms with Crippen molar-refractivity contribution in [2.24, 2.45) is 0 Å². The fourth-order valence-corrected chi connectivity index (χ4v) is 1.42. The number of aryl methyl sites for hydroxylation is 1. The molecule has 1 aromatic rings. The summed E-state index contributed by atoms with van der Waals surface area (Å²) in [6.45, 7) is 1.81. The van der Waals surface area contributed by atoms with E-state index in [1.54, 1.807) is 6.07 Å². The van der Waals surface area contributed by atoms with E-state index in [9.17, 15) is 9.59 Å². The summed E-state index contributed by atoms with van der Waals surface area (Å²) in [7, 11) is 1.27. The molecule has 0 fully saturated rings. The number of aliphatic carboxylic acids is 1. The number of rotatable bonds is 5. The third-order valence-electron chi connectivity index (χ3n) is 2.21. The fraction of sp³-hybridized carbons (Fsp3) is 0.500. The van der Waals surface area contributed by atoms with E-state index in [1.165, 1.54) is 7.11 Å². The predicted molar refractivity (Wildman–Crippen MR) is 55.0 cm³/mol. The number of esters is 1. The van der Waals surface area contributed by atoms with Crippen LogP contribution in [0.25, 0.3) is 0 Å². The molecule has 0 saturated carbocycles. The monoisotopic (exact) mass is 226 g/mol. The van der Waals surface area contributed by atoms with Gasteiger partial charge in [0.15, 0.2) is 0 Å². The van der Waals surface area contributed by atoms with Crippen LogP contribution in [0, 0.1) is 6.92 Å². The topological polar surface area (TPSA) is 92.3 Å². The normalized spacial score (nSPS) is 12.1. The largest absolute Gasteiger partial charge is 0.481 e. The first-order valence-electron chi connectivity index (χ1n) is 4.83. The number of carboxylic acids is 1. The van der Waals surface area contributed by atoms with Gasteiger partial charge >= 0.3 is 11.9 Å². The quantitative estimate of drug-likeness (QED) is 0.726. The zero-order valence-corrected chi connectivity index (χ0v) is 9.19. The first-order chi connectivity index (χ1) is 7.52. The number of carbonyl (C=O) groups excluding carboxylic acids is 1. The van der Waals surface area contributed by atoms with E-state index in [1.807, 2.05) is 6.92 Å². The van der Waals surface area contributed by atoms with Gasteiger partial charge in [0.25, 0.3) is 0 Å². The van der Waals surface area contributed by atoms with Gasteiger partial charge in [0.2, 0.25) is 0 Å². The standard InChI is InChI=1S/C10H14N2O4/c1-6-3-8(12-11-6)7(4-9(13)14)5-10(15)16-2/h3,7H,4-5H2,1-2H3,(H,11,12)(H,13,14). The number of carboxylic acid groups (broad SMARTS) is 1. The lowest BCUT2D eigenvalue weighted by Crippen LogP contribution is -2.13. The van der Waals surface area contributed by atoms with Crippen molar-refractivity contribution in [2.75, 3.05) is 7.11 Å². The molecule has 0 aromatic carbocycles. The van der Waals surface area contributed by atoms with Crippen LogP contribution in [0.4, 0.5) is 0 Å². The lowest BCUT2D eigenvalue weighted by atomic mass is 9.97. The molecule has 0 radical (unpaired) electrons. The molecule has 6 heteroatoms. The fourth-order valence-electron chi connectivity index (χ4n) is 1.42. The van der Waals surface area contributed by atoms with Crippen LogP contribution in [0.2, 0.25) is 0 Å². The van der Waals surface area contributed by atoms with Crippen LogP contribution in [-0.2, 0) is 14.3 Å². The Labute approximate surface area is 92.6 Å². The Bertz CT molecular complexity index is 386. The molecule has 0 amide bonds. The number of nitrogens with one attached hydrogen (secondary N) is 1. The molecule has 0 aliphatic rings. The van der Waals surface area contributed by atoms with Crippen molar-refractivity contribution < 1.29 is 19.4 Å². The average Bonchev–Trinajstić information content (AvgIpc) is 2.63. The van der Waals surface area contributed by atoms with Crippen molar-refractivity contribution in [2.45, 2.75) is 25.7 Å². The smallest absolute Gasteiger partial charge is 0.306 e. The number of aromatic amines is 1. The summed E-state index contributed by atoms with van der Waals surface area (Å²) >= 11 is 0. The summed E-state index contributed by atoms with van der Waals surface area (Å²) in [5, 5.41) is 15.4. The Morgan fingerprint density at radius 3 is 2.69 bits per heavy atom. The molecule has 2 N–H and O–H groups in total. The molecule has 1 aromatic heterocycles. The van der Waals surface area contributed by atoms with Crippen molar-refractivity contribution in [1.29, 1.82) is 0 Å². The maximum absolute atomic E-state index is 11.1. The second-order valence-electron chi connectivity index (χ2n) is 3.55. The summed E-state index contributed by atoms with van der Waals surface area (Å²) in [5.74, 6) is -1.85. The lowest BCUT2D eigenvalue weighted by Gasteiger charge is -2.10. The molecule has 88 valence electrons. The third kappa shape index (κ3) is 3.38. The van der Waals surface area contributed by atoms with E-state index in [-0.39, 0.29) is 12.8 Å². The van der Waals surface area contributed by atoms with Crippen LogP contribution in [0.5, 0.6) is 0 Å². The second kappa shape index (κ2) is 5.29. The molecule has 0 aliphatic heterocycles. The van der Waals surface area contributed by atoms with Gasteiger partial charge in [-0.1, -0.05) is 0 Å². The Hall–Kier alpha value is -1.85. The van der Waals surface area contributed by atoms with E-state index in [2.05, 4.69) is 14.9 Å². The molecule has 1 unspecified atom stereocenters. The Morgan fingerprint density at radius 1 is 1.56 bits per heavy atom. The number of hydrogen-bond donors (Lipinski definition) is 2. The zero-order valence-electron chi connectivity index (χ0n) is 9.19. The van der Waals surface area contributed by atoms with E-state index >= 15 is 0 Å². The number of H-pyrrole nitrogens is 1. The van der Waals surface area contributed by atoms with Gasteiger partial charge < -0.3 is 9.84 Å². The number of methoxy groups -OCH3 is 1. The Kier molecular flexibility index (Phi) is 4.04. The van der Waals surface area contributed by atoms with Crippen molar-refractivity contribution in [3.63, 3.8) is 0 Å². The highest BCUT2D eigenvalue weighted by molar-refractivity contribution is 5.73. The van der Waals surface area contributed by atoms with Gasteiger partial charge in [0, 0.05) is 11.6 Å². The van der Waals surface area contributed by atoms with Crippen LogP contribution in [0.3, 0.4) is 0 Å². The SMILES string of the molecule is COC(=O)CC(CC(=O)O)c1cc(C)[nH]n1. The van der Waals surface area contributed by atoms with Crippen molar-refractivity contribution >= 4 is 11.9 Å². The summed E-state index contributed by atoms with van der Waals surface area (Å²) in [5.41, 5.74) is 1.40. The summed E-state index contributed by atoms with van der Waals surface area (Å²) < 4.78 is 4.52. The molecular weight excluding hydrogens is 212 g/mol. The number of carbonyl (C=O) groups is 2. The van der Waals surface area contributed by atoms with Crippen LogP contribution >= 0.6 is 0 Å². The first-order valence-corrected chi connectivity index (χ1v) is 4.83. The lowest BCUT2D eigenvalue weighted by molar-refractivity contribution is -0.141. The molecule has 16 heavy (non-hydrogen) atoms. The summed E-state index contributed by atoms with van der Waals surface area (Å²) in [6.07, 6.45) is -0.119. The zero-order chi connectivity index (χ0) is 12.1. The van der Waals surface area contributed by atoms with Gasteiger partial charge in [-0.15, -0.1) is 0 Å². The minimum Gasteiger partial charge on any atom is -0.481 e. The van der Waals surface area contributed by atoms with Crippen molar-refractivity contribution in [1.82, 2.24) is 10.2 Å². The maximum Gasteiger partial charge on any atom is 0.306 e. The van der Waals surface area contributed by atoms with E-state index in [4.69, 9.17) is 5.11 Å². The highest BCUT2D eigenvalue weighted by Gasteiger charge is 2.21. The average molecular weight is 226 g/mol. The third-order valence-corrected chi connectivity index (χ3v) is 2.21. The van der Waals surface area contributed by atoms with Gasteiger partial charge in [-0.3, -0.25) is 14.7 Å². The highest BCUT2D eigenvalue weighted by atomic mass is 16.5. The minimum absolute atomic E-state index is 0.0209. The molecule has 0 spiro atoms. The maximum atomic E-state index is 11.1. The second-order valence-corrected chi connectivity index (χ2v) is 3.55. The van der Waals surface area contributed by atoms with E-state index in [0.29, 0.717) is 5.69 Å². The number of aromatic nitrogens is 2. The molecule has 0 saturated heterocycles. The van der Waals surface area contributed by atoms with E-state index in [0.717, 1.165) is 5.69 Å². The minimum atomic E-state index is -0.963. The first kappa shape index (κ1) is 12.2. The Balaban J connectivity index is 2.78. The van der Waals surface area contributed by atoms with Crippen molar-refractivity contribution in [3.05, 3.63) is 17.5 Å². The van der Waals surface area contributed by atoms with Crippen molar-refractivity contribution in [3.8, 4) is 0 Å². The van der Waals surface area contributed by atoms with Gasteiger partial charge in [-0.25, -0.2) is 0 Å². The molecule has 0 aliphatic carbocycles. The van der Waals surface area contributed by atoms with Gasteiger partial charge in [-0.05, 0) is 13.0 Å². The summed E-state index contributed by atoms with van der Waals surface area (Å²) in [6, 6.07) is 1.73. The van der Waals surface area contributed by atoms with E-state index < -0.39 is 17.9 Å². The molecule has 1 heterocycles. The van der Waals surface area contributed by atoms with Gasteiger partial charge in [0.05, 0.1) is 25.6 Å². The molecule has 0 bridgehead atoms. The molecule has 1 atom stereocenters. The summed E-state index contributed by atoms with van der Waals surface area (Å²) in [4.78, 5) is 21.8. The predicted octanol–water partition coefficient (Wildman–Crippen LogP) is 0.840. The molecular formula is C10H14N2O4.